The van der Waals surface area contributed by atoms with E-state index in [0.717, 1.165) is 37.7 Å². The Bertz CT molecular complexity index is 328. The van der Waals surface area contributed by atoms with Crippen molar-refractivity contribution < 1.29 is 4.74 Å². The molecule has 4 heteroatoms. The first-order chi connectivity index (χ1) is 8.19. The first kappa shape index (κ1) is 13.9. The van der Waals surface area contributed by atoms with Gasteiger partial charge in [0.2, 0.25) is 0 Å². The van der Waals surface area contributed by atoms with Crippen LogP contribution in [0, 0.1) is 0 Å². The summed E-state index contributed by atoms with van der Waals surface area (Å²) in [6, 6.07) is 4.06. The van der Waals surface area contributed by atoms with Crippen molar-refractivity contribution in [2.45, 2.75) is 26.8 Å². The number of rotatable bonds is 7. The van der Waals surface area contributed by atoms with Gasteiger partial charge in [0.25, 0.3) is 0 Å². The summed E-state index contributed by atoms with van der Waals surface area (Å²) in [4.78, 5) is 6.58. The number of hydrogen-bond donors (Lipinski definition) is 1. The highest BCUT2D eigenvalue weighted by atomic mass is 16.5. The molecule has 2 N–H and O–H groups in total. The molecule has 1 aromatic heterocycles. The van der Waals surface area contributed by atoms with Gasteiger partial charge >= 0.3 is 0 Å². The molecule has 0 saturated carbocycles. The Hall–Kier alpha value is -1.13. The molecule has 0 amide bonds. The van der Waals surface area contributed by atoms with Gasteiger partial charge < -0.3 is 15.4 Å². The molecule has 0 aliphatic carbocycles. The van der Waals surface area contributed by atoms with Crippen LogP contribution in [-0.4, -0.2) is 31.3 Å². The number of nitrogens with two attached hydrogens (primary N) is 1. The van der Waals surface area contributed by atoms with Crippen molar-refractivity contribution in [3.05, 3.63) is 23.9 Å². The molecule has 96 valence electrons. The van der Waals surface area contributed by atoms with Gasteiger partial charge in [-0.05, 0) is 38.5 Å². The number of anilines is 1. The molecule has 0 saturated heterocycles. The molecule has 0 spiro atoms. The predicted molar refractivity (Wildman–Crippen MR) is 71.2 cm³/mol. The van der Waals surface area contributed by atoms with Gasteiger partial charge in [-0.25, -0.2) is 4.98 Å². The number of likely N-dealkylation sites (N-methyl/N-ethyl adjacent to an activating group) is 1. The zero-order chi connectivity index (χ0) is 12.7. The van der Waals surface area contributed by atoms with E-state index in [2.05, 4.69) is 22.9 Å². The first-order valence-electron chi connectivity index (χ1n) is 6.23. The van der Waals surface area contributed by atoms with Crippen molar-refractivity contribution in [1.82, 2.24) is 4.98 Å². The van der Waals surface area contributed by atoms with Gasteiger partial charge in [0.1, 0.15) is 5.82 Å². The minimum Gasteiger partial charge on any atom is -0.380 e. The maximum Gasteiger partial charge on any atom is 0.128 e. The monoisotopic (exact) mass is 237 g/mol. The number of pyridine rings is 1. The standard InChI is InChI=1S/C13H23N3O/c1-4-16(8-9-17-5-2)13-10-12(11(3)14)6-7-15-13/h6-7,10-11H,4-5,8-9,14H2,1-3H3. The summed E-state index contributed by atoms with van der Waals surface area (Å²) in [6.07, 6.45) is 1.82. The predicted octanol–water partition coefficient (Wildman–Crippen LogP) is 1.96. The van der Waals surface area contributed by atoms with Gasteiger partial charge in [-0.15, -0.1) is 0 Å². The molecule has 0 fully saturated rings. The quantitative estimate of drug-likeness (QED) is 0.737. The second-order valence-corrected chi connectivity index (χ2v) is 4.01. The highest BCUT2D eigenvalue weighted by Crippen LogP contribution is 2.16. The van der Waals surface area contributed by atoms with Crippen LogP contribution < -0.4 is 10.6 Å². The third-order valence-electron chi connectivity index (χ3n) is 2.71. The minimum absolute atomic E-state index is 0.0438. The third kappa shape index (κ3) is 4.32. The second kappa shape index (κ2) is 7.25. The van der Waals surface area contributed by atoms with Crippen LogP contribution in [-0.2, 0) is 4.74 Å². The Labute approximate surface area is 104 Å². The van der Waals surface area contributed by atoms with Gasteiger partial charge in [0, 0.05) is 31.9 Å². The summed E-state index contributed by atoms with van der Waals surface area (Å²) in [6.45, 7) is 9.37. The summed E-state index contributed by atoms with van der Waals surface area (Å²) in [7, 11) is 0. The van der Waals surface area contributed by atoms with Gasteiger partial charge in [0.15, 0.2) is 0 Å². The topological polar surface area (TPSA) is 51.4 Å². The van der Waals surface area contributed by atoms with Gasteiger partial charge in [0.05, 0.1) is 6.61 Å². The Balaban J connectivity index is 2.70. The molecule has 1 heterocycles. The lowest BCUT2D eigenvalue weighted by atomic mass is 10.1. The fraction of sp³-hybridized carbons (Fsp3) is 0.615. The van der Waals surface area contributed by atoms with E-state index in [9.17, 15) is 0 Å². The van der Waals surface area contributed by atoms with Crippen LogP contribution in [0.2, 0.25) is 0 Å². The lowest BCUT2D eigenvalue weighted by Gasteiger charge is -2.22. The first-order valence-corrected chi connectivity index (χ1v) is 6.23. The molecule has 0 radical (unpaired) electrons. The lowest BCUT2D eigenvalue weighted by Crippen LogP contribution is -2.28. The van der Waals surface area contributed by atoms with Gasteiger partial charge in [-0.2, -0.15) is 0 Å². The van der Waals surface area contributed by atoms with Crippen LogP contribution in [0.3, 0.4) is 0 Å². The number of aromatic nitrogens is 1. The molecule has 0 aromatic carbocycles. The van der Waals surface area contributed by atoms with Crippen LogP contribution >= 0.6 is 0 Å². The molecular formula is C13H23N3O. The molecular weight excluding hydrogens is 214 g/mol. The van der Waals surface area contributed by atoms with Gasteiger partial charge in [-0.3, -0.25) is 0 Å². The van der Waals surface area contributed by atoms with Crippen LogP contribution in [0.1, 0.15) is 32.4 Å². The van der Waals surface area contributed by atoms with E-state index in [4.69, 9.17) is 10.5 Å². The molecule has 0 aliphatic heterocycles. The Morgan fingerprint density at radius 2 is 2.24 bits per heavy atom. The van der Waals surface area contributed by atoms with E-state index in [1.807, 2.05) is 26.1 Å². The molecule has 17 heavy (non-hydrogen) atoms. The normalized spacial score (nSPS) is 12.5. The number of nitrogens with zero attached hydrogens (tertiary/aromatic N) is 2. The molecule has 0 bridgehead atoms. The molecule has 1 aromatic rings. The van der Waals surface area contributed by atoms with Crippen molar-refractivity contribution in [1.29, 1.82) is 0 Å². The summed E-state index contributed by atoms with van der Waals surface area (Å²) in [5.74, 6) is 0.974. The van der Waals surface area contributed by atoms with Crippen molar-refractivity contribution in [3.63, 3.8) is 0 Å². The SMILES string of the molecule is CCOCCN(CC)c1cc(C(C)N)ccn1. The summed E-state index contributed by atoms with van der Waals surface area (Å²) in [5.41, 5.74) is 6.99. The van der Waals surface area contributed by atoms with E-state index in [-0.39, 0.29) is 6.04 Å². The smallest absolute Gasteiger partial charge is 0.128 e. The average Bonchev–Trinajstić information content (AvgIpc) is 2.35. The fourth-order valence-electron chi connectivity index (χ4n) is 1.64. The molecule has 1 unspecified atom stereocenters. The Morgan fingerprint density at radius 3 is 2.82 bits per heavy atom. The van der Waals surface area contributed by atoms with Crippen molar-refractivity contribution in [2.24, 2.45) is 5.73 Å². The number of hydrogen-bond acceptors (Lipinski definition) is 4. The van der Waals surface area contributed by atoms with Gasteiger partial charge in [-0.1, -0.05) is 0 Å². The highest BCUT2D eigenvalue weighted by Gasteiger charge is 2.07. The van der Waals surface area contributed by atoms with Crippen LogP contribution in [0.15, 0.2) is 18.3 Å². The van der Waals surface area contributed by atoms with Crippen molar-refractivity contribution in [3.8, 4) is 0 Å². The van der Waals surface area contributed by atoms with E-state index >= 15 is 0 Å². The maximum atomic E-state index is 5.87. The zero-order valence-electron chi connectivity index (χ0n) is 11.0. The van der Waals surface area contributed by atoms with Crippen molar-refractivity contribution >= 4 is 5.82 Å². The fourth-order valence-corrected chi connectivity index (χ4v) is 1.64. The summed E-state index contributed by atoms with van der Waals surface area (Å²) in [5, 5.41) is 0. The maximum absolute atomic E-state index is 5.87. The lowest BCUT2D eigenvalue weighted by molar-refractivity contribution is 0.154. The second-order valence-electron chi connectivity index (χ2n) is 4.01. The zero-order valence-corrected chi connectivity index (χ0v) is 11.0. The highest BCUT2D eigenvalue weighted by molar-refractivity contribution is 5.41. The Kier molecular flexibility index (Phi) is 5.94. The summed E-state index contributed by atoms with van der Waals surface area (Å²) < 4.78 is 5.37. The van der Waals surface area contributed by atoms with E-state index < -0.39 is 0 Å². The summed E-state index contributed by atoms with van der Waals surface area (Å²) >= 11 is 0. The van der Waals surface area contributed by atoms with E-state index in [1.165, 1.54) is 0 Å². The third-order valence-corrected chi connectivity index (χ3v) is 2.71. The molecule has 4 nitrogen and oxygen atoms in total. The van der Waals surface area contributed by atoms with E-state index in [0.29, 0.717) is 0 Å². The molecule has 1 atom stereocenters. The largest absolute Gasteiger partial charge is 0.380 e. The Morgan fingerprint density at radius 1 is 1.47 bits per heavy atom. The van der Waals surface area contributed by atoms with E-state index in [1.54, 1.807) is 0 Å². The molecule has 1 rings (SSSR count). The van der Waals surface area contributed by atoms with Crippen LogP contribution in [0.4, 0.5) is 5.82 Å². The van der Waals surface area contributed by atoms with Crippen molar-refractivity contribution in [2.75, 3.05) is 31.2 Å². The van der Waals surface area contributed by atoms with Crippen LogP contribution in [0.5, 0.6) is 0 Å². The molecule has 0 aliphatic rings. The minimum atomic E-state index is 0.0438. The van der Waals surface area contributed by atoms with Crippen LogP contribution in [0.25, 0.3) is 0 Å². The average molecular weight is 237 g/mol. The number of ether oxygens (including phenoxy) is 1.